The van der Waals surface area contributed by atoms with Crippen LogP contribution in [0.4, 0.5) is 33.3 Å². The van der Waals surface area contributed by atoms with E-state index in [0.29, 0.717) is 18.2 Å². The Hall–Kier alpha value is -1.93. The van der Waals surface area contributed by atoms with Crippen molar-refractivity contribution in [2.75, 3.05) is 11.9 Å². The molecule has 4 nitrogen and oxygen atoms in total. The average Bonchev–Trinajstić information content (AvgIpc) is 2.24. The molecule has 0 amide bonds. The van der Waals surface area contributed by atoms with E-state index in [4.69, 9.17) is 0 Å². The van der Waals surface area contributed by atoms with Gasteiger partial charge in [-0.15, -0.1) is 0 Å². The Labute approximate surface area is 97.6 Å². The molecule has 0 saturated heterocycles. The van der Waals surface area contributed by atoms with Gasteiger partial charge in [0.25, 0.3) is 12.1 Å². The zero-order chi connectivity index (χ0) is 13.9. The molecule has 0 aliphatic rings. The number of rotatable bonds is 4. The number of anilines is 1. The van der Waals surface area contributed by atoms with Gasteiger partial charge >= 0.3 is 6.18 Å². The number of hydrogen-bond donors (Lipinski definition) is 1. The molecule has 1 aromatic rings. The van der Waals surface area contributed by atoms with Crippen molar-refractivity contribution in [3.63, 3.8) is 0 Å². The van der Waals surface area contributed by atoms with E-state index in [2.05, 4.69) is 0 Å². The van der Waals surface area contributed by atoms with Crippen molar-refractivity contribution in [1.82, 2.24) is 0 Å². The molecule has 0 fully saturated rings. The first-order valence-electron chi connectivity index (χ1n) is 4.59. The molecule has 0 radical (unpaired) electrons. The molecule has 0 heterocycles. The molecule has 18 heavy (non-hydrogen) atoms. The lowest BCUT2D eigenvalue weighted by Crippen LogP contribution is -2.13. The van der Waals surface area contributed by atoms with Gasteiger partial charge in [-0.25, -0.2) is 8.78 Å². The summed E-state index contributed by atoms with van der Waals surface area (Å²) in [4.78, 5) is 9.57. The second kappa shape index (κ2) is 5.15. The highest BCUT2D eigenvalue weighted by atomic mass is 19.4. The van der Waals surface area contributed by atoms with E-state index in [1.807, 2.05) is 5.32 Å². The molecule has 0 spiro atoms. The maximum atomic E-state index is 12.4. The molecule has 0 bridgehead atoms. The summed E-state index contributed by atoms with van der Waals surface area (Å²) in [6, 6.07) is 1.57. The first-order valence-corrected chi connectivity index (χ1v) is 4.59. The third kappa shape index (κ3) is 3.54. The van der Waals surface area contributed by atoms with Crippen molar-refractivity contribution in [2.24, 2.45) is 0 Å². The van der Waals surface area contributed by atoms with Crippen molar-refractivity contribution < 1.29 is 26.9 Å². The van der Waals surface area contributed by atoms with E-state index in [1.54, 1.807) is 0 Å². The quantitative estimate of drug-likeness (QED) is 0.519. The normalized spacial score (nSPS) is 11.7. The minimum absolute atomic E-state index is 0.431. The Morgan fingerprint density at radius 3 is 2.39 bits per heavy atom. The lowest BCUT2D eigenvalue weighted by Gasteiger charge is -2.10. The van der Waals surface area contributed by atoms with E-state index in [1.165, 1.54) is 0 Å². The number of nitrogens with one attached hydrogen (secondary N) is 1. The summed E-state index contributed by atoms with van der Waals surface area (Å²) in [5, 5.41) is 12.4. The maximum Gasteiger partial charge on any atom is 0.416 e. The van der Waals surface area contributed by atoms with E-state index in [-0.39, 0.29) is 0 Å². The molecule has 100 valence electrons. The van der Waals surface area contributed by atoms with Crippen LogP contribution in [0.5, 0.6) is 0 Å². The molecule has 0 unspecified atom stereocenters. The van der Waals surface area contributed by atoms with Crippen molar-refractivity contribution in [2.45, 2.75) is 12.6 Å². The van der Waals surface area contributed by atoms with Crippen molar-refractivity contribution in [1.29, 1.82) is 0 Å². The molecular formula is C9H7F5N2O2. The molecule has 1 N–H and O–H groups in total. The lowest BCUT2D eigenvalue weighted by atomic mass is 10.1. The highest BCUT2D eigenvalue weighted by Crippen LogP contribution is 2.34. The van der Waals surface area contributed by atoms with Gasteiger partial charge in [-0.3, -0.25) is 10.1 Å². The number of nitro groups is 1. The monoisotopic (exact) mass is 270 g/mol. The largest absolute Gasteiger partial charge is 0.416 e. The van der Waals surface area contributed by atoms with Gasteiger partial charge in [0.1, 0.15) is 5.69 Å². The van der Waals surface area contributed by atoms with Crippen molar-refractivity contribution >= 4 is 11.4 Å². The van der Waals surface area contributed by atoms with E-state index in [0.717, 1.165) is 0 Å². The van der Waals surface area contributed by atoms with Crippen LogP contribution in [-0.2, 0) is 6.18 Å². The Morgan fingerprint density at radius 2 is 1.94 bits per heavy atom. The van der Waals surface area contributed by atoms with Crippen LogP contribution in [0.3, 0.4) is 0 Å². The molecule has 0 saturated carbocycles. The maximum absolute atomic E-state index is 12.4. The number of hydrogen-bond acceptors (Lipinski definition) is 3. The summed E-state index contributed by atoms with van der Waals surface area (Å²) in [6.45, 7) is -0.970. The number of benzene rings is 1. The van der Waals surface area contributed by atoms with Crippen LogP contribution in [0.1, 0.15) is 5.56 Å². The van der Waals surface area contributed by atoms with Crippen LogP contribution in [0.2, 0.25) is 0 Å². The third-order valence-electron chi connectivity index (χ3n) is 1.97. The van der Waals surface area contributed by atoms with Crippen LogP contribution in [-0.4, -0.2) is 17.9 Å². The Bertz CT molecular complexity index is 447. The Balaban J connectivity index is 3.12. The van der Waals surface area contributed by atoms with Gasteiger partial charge in [0.05, 0.1) is 17.0 Å². The highest BCUT2D eigenvalue weighted by Gasteiger charge is 2.32. The van der Waals surface area contributed by atoms with E-state index < -0.39 is 41.0 Å². The van der Waals surface area contributed by atoms with Crippen LogP contribution in [0, 0.1) is 10.1 Å². The predicted molar refractivity (Wildman–Crippen MR) is 52.6 cm³/mol. The van der Waals surface area contributed by atoms with E-state index >= 15 is 0 Å². The first kappa shape index (κ1) is 14.1. The number of halogens is 5. The number of alkyl halides is 5. The van der Waals surface area contributed by atoms with Gasteiger partial charge in [-0.2, -0.15) is 13.2 Å². The molecule has 0 aliphatic heterocycles. The van der Waals surface area contributed by atoms with Gasteiger partial charge < -0.3 is 5.32 Å². The Morgan fingerprint density at radius 1 is 1.33 bits per heavy atom. The standard InChI is InChI=1S/C9H7F5N2O2/c10-8(11)4-15-6-3-5(9(12,13)14)1-2-7(6)16(17)18/h1-3,8,15H,4H2. The van der Waals surface area contributed by atoms with Gasteiger partial charge in [0.15, 0.2) is 0 Å². The summed E-state index contributed by atoms with van der Waals surface area (Å²) in [5.74, 6) is 0. The summed E-state index contributed by atoms with van der Waals surface area (Å²) in [6.07, 6.45) is -7.53. The summed E-state index contributed by atoms with van der Waals surface area (Å²) < 4.78 is 60.9. The molecule has 9 heteroatoms. The Kier molecular flexibility index (Phi) is 4.04. The predicted octanol–water partition coefficient (Wildman–Crippen LogP) is 3.29. The average molecular weight is 270 g/mol. The zero-order valence-electron chi connectivity index (χ0n) is 8.67. The highest BCUT2D eigenvalue weighted by molar-refractivity contribution is 5.63. The second-order valence-electron chi connectivity index (χ2n) is 3.26. The molecule has 0 aromatic heterocycles. The van der Waals surface area contributed by atoms with Crippen LogP contribution in [0.15, 0.2) is 18.2 Å². The SMILES string of the molecule is O=[N+]([O-])c1ccc(C(F)(F)F)cc1NCC(F)F. The molecule has 1 rings (SSSR count). The fourth-order valence-electron chi connectivity index (χ4n) is 1.20. The molecule has 0 atom stereocenters. The topological polar surface area (TPSA) is 55.2 Å². The summed E-state index contributed by atoms with van der Waals surface area (Å²) >= 11 is 0. The molecule has 1 aromatic carbocycles. The minimum atomic E-state index is -4.70. The molecular weight excluding hydrogens is 263 g/mol. The van der Waals surface area contributed by atoms with Crippen molar-refractivity contribution in [3.8, 4) is 0 Å². The summed E-state index contributed by atoms with van der Waals surface area (Å²) in [5.41, 5.74) is -2.43. The number of nitro benzene ring substituents is 1. The fourth-order valence-corrected chi connectivity index (χ4v) is 1.20. The second-order valence-corrected chi connectivity index (χ2v) is 3.26. The fraction of sp³-hybridized carbons (Fsp3) is 0.333. The first-order chi connectivity index (χ1) is 8.21. The summed E-state index contributed by atoms with van der Waals surface area (Å²) in [7, 11) is 0. The third-order valence-corrected chi connectivity index (χ3v) is 1.97. The van der Waals surface area contributed by atoms with E-state index in [9.17, 15) is 32.1 Å². The molecule has 0 aliphatic carbocycles. The van der Waals surface area contributed by atoms with Gasteiger partial charge in [0, 0.05) is 6.07 Å². The smallest absolute Gasteiger partial charge is 0.374 e. The van der Waals surface area contributed by atoms with Crippen LogP contribution in [0.25, 0.3) is 0 Å². The van der Waals surface area contributed by atoms with Crippen molar-refractivity contribution in [3.05, 3.63) is 33.9 Å². The lowest BCUT2D eigenvalue weighted by molar-refractivity contribution is -0.384. The zero-order valence-corrected chi connectivity index (χ0v) is 8.67. The number of nitrogens with zero attached hydrogens (tertiary/aromatic N) is 1. The minimum Gasteiger partial charge on any atom is -0.374 e. The van der Waals surface area contributed by atoms with Crippen LogP contribution < -0.4 is 5.32 Å². The van der Waals surface area contributed by atoms with Crippen LogP contribution >= 0.6 is 0 Å². The van der Waals surface area contributed by atoms with Gasteiger partial charge in [-0.1, -0.05) is 0 Å². The van der Waals surface area contributed by atoms with Gasteiger partial charge in [-0.05, 0) is 12.1 Å². The van der Waals surface area contributed by atoms with Gasteiger partial charge in [0.2, 0.25) is 0 Å².